The Morgan fingerprint density at radius 2 is 2.00 bits per heavy atom. The van der Waals surface area contributed by atoms with Crippen molar-refractivity contribution in [3.05, 3.63) is 41.7 Å². The van der Waals surface area contributed by atoms with Crippen LogP contribution in [-0.4, -0.2) is 26.2 Å². The molecule has 1 aliphatic rings. The first-order chi connectivity index (χ1) is 10.3. The Kier molecular flexibility index (Phi) is 2.73. The predicted octanol–water partition coefficient (Wildman–Crippen LogP) is 2.49. The van der Waals surface area contributed by atoms with Gasteiger partial charge in [-0.05, 0) is 31.4 Å². The van der Waals surface area contributed by atoms with E-state index in [0.29, 0.717) is 5.56 Å². The van der Waals surface area contributed by atoms with Gasteiger partial charge in [0.05, 0.1) is 6.21 Å². The Morgan fingerprint density at radius 1 is 1.19 bits per heavy atom. The lowest BCUT2D eigenvalue weighted by molar-refractivity contribution is 0.474. The molecule has 0 bridgehead atoms. The number of phenols is 1. The molecule has 21 heavy (non-hydrogen) atoms. The van der Waals surface area contributed by atoms with Crippen LogP contribution in [0.2, 0.25) is 0 Å². The fraction of sp³-hybridized carbons (Fsp3) is 0.267. The van der Waals surface area contributed by atoms with E-state index in [-0.39, 0.29) is 5.75 Å². The molecule has 0 amide bonds. The molecule has 0 aliphatic heterocycles. The van der Waals surface area contributed by atoms with E-state index in [0.717, 1.165) is 42.4 Å². The standard InChI is InChI=1S/C15H14N4O2/c20-12-5-6-14-15(10-3-1-2-4-13(10)21-14)11(12)7-18-19-8-16-17-9-19/h5-9,20H,1-4H2/b18-7-. The average Bonchev–Trinajstić information content (AvgIpc) is 3.13. The number of furan rings is 1. The summed E-state index contributed by atoms with van der Waals surface area (Å²) in [6, 6.07) is 3.46. The van der Waals surface area contributed by atoms with Gasteiger partial charge in [0, 0.05) is 22.9 Å². The molecule has 0 radical (unpaired) electrons. The highest BCUT2D eigenvalue weighted by Crippen LogP contribution is 2.36. The molecule has 1 aromatic carbocycles. The number of phenolic OH excluding ortho intramolecular Hbond substituents is 1. The fourth-order valence-electron chi connectivity index (χ4n) is 2.88. The van der Waals surface area contributed by atoms with E-state index < -0.39 is 0 Å². The van der Waals surface area contributed by atoms with E-state index in [4.69, 9.17) is 4.42 Å². The number of nitrogens with zero attached hydrogens (tertiary/aromatic N) is 4. The molecule has 6 nitrogen and oxygen atoms in total. The second-order valence-corrected chi connectivity index (χ2v) is 5.17. The summed E-state index contributed by atoms with van der Waals surface area (Å²) < 4.78 is 7.41. The van der Waals surface area contributed by atoms with Crippen molar-refractivity contribution < 1.29 is 9.52 Å². The Balaban J connectivity index is 1.90. The van der Waals surface area contributed by atoms with Gasteiger partial charge in [-0.2, -0.15) is 5.10 Å². The number of aromatic hydroxyl groups is 1. The normalized spacial score (nSPS) is 14.9. The molecule has 0 saturated carbocycles. The lowest BCUT2D eigenvalue weighted by atomic mass is 9.94. The van der Waals surface area contributed by atoms with Gasteiger partial charge >= 0.3 is 0 Å². The Hall–Kier alpha value is -2.63. The van der Waals surface area contributed by atoms with Gasteiger partial charge in [-0.1, -0.05) is 0 Å². The summed E-state index contributed by atoms with van der Waals surface area (Å²) in [7, 11) is 0. The first-order valence-corrected chi connectivity index (χ1v) is 6.98. The van der Waals surface area contributed by atoms with Crippen LogP contribution in [0.15, 0.2) is 34.3 Å². The third-order valence-electron chi connectivity index (χ3n) is 3.86. The maximum atomic E-state index is 10.2. The first kappa shape index (κ1) is 12.1. The highest BCUT2D eigenvalue weighted by Gasteiger charge is 2.21. The van der Waals surface area contributed by atoms with Crippen molar-refractivity contribution in [3.63, 3.8) is 0 Å². The molecule has 0 atom stereocenters. The summed E-state index contributed by atoms with van der Waals surface area (Å²) in [4.78, 5) is 0. The van der Waals surface area contributed by atoms with E-state index in [1.165, 1.54) is 22.9 Å². The van der Waals surface area contributed by atoms with Crippen LogP contribution in [0.25, 0.3) is 11.0 Å². The minimum absolute atomic E-state index is 0.202. The molecule has 1 aliphatic carbocycles. The number of fused-ring (bicyclic) bond motifs is 3. The molecule has 2 heterocycles. The van der Waals surface area contributed by atoms with Crippen molar-refractivity contribution in [2.24, 2.45) is 5.10 Å². The average molecular weight is 282 g/mol. The van der Waals surface area contributed by atoms with E-state index in [2.05, 4.69) is 15.3 Å². The van der Waals surface area contributed by atoms with Crippen molar-refractivity contribution in [3.8, 4) is 5.75 Å². The Morgan fingerprint density at radius 3 is 2.86 bits per heavy atom. The maximum absolute atomic E-state index is 10.2. The van der Waals surface area contributed by atoms with Crippen LogP contribution in [0.1, 0.15) is 29.7 Å². The lowest BCUT2D eigenvalue weighted by Gasteiger charge is -2.09. The van der Waals surface area contributed by atoms with Crippen LogP contribution in [-0.2, 0) is 12.8 Å². The van der Waals surface area contributed by atoms with Gasteiger partial charge in [0.25, 0.3) is 0 Å². The zero-order chi connectivity index (χ0) is 14.2. The molecule has 4 rings (SSSR count). The molecule has 0 spiro atoms. The van der Waals surface area contributed by atoms with Crippen LogP contribution in [0.4, 0.5) is 0 Å². The number of hydrogen-bond acceptors (Lipinski definition) is 5. The van der Waals surface area contributed by atoms with E-state index >= 15 is 0 Å². The third kappa shape index (κ3) is 1.99. The largest absolute Gasteiger partial charge is 0.507 e. The van der Waals surface area contributed by atoms with Crippen LogP contribution in [0.3, 0.4) is 0 Å². The number of aromatic nitrogens is 3. The minimum atomic E-state index is 0.202. The zero-order valence-corrected chi connectivity index (χ0v) is 11.4. The predicted molar refractivity (Wildman–Crippen MR) is 77.5 cm³/mol. The van der Waals surface area contributed by atoms with Crippen molar-refractivity contribution in [2.45, 2.75) is 25.7 Å². The van der Waals surface area contributed by atoms with Crippen molar-refractivity contribution in [1.82, 2.24) is 14.9 Å². The van der Waals surface area contributed by atoms with Crippen molar-refractivity contribution in [1.29, 1.82) is 0 Å². The topological polar surface area (TPSA) is 76.4 Å². The van der Waals surface area contributed by atoms with Crippen LogP contribution >= 0.6 is 0 Å². The zero-order valence-electron chi connectivity index (χ0n) is 11.4. The molecule has 1 N–H and O–H groups in total. The van der Waals surface area contributed by atoms with Gasteiger partial charge < -0.3 is 9.52 Å². The van der Waals surface area contributed by atoms with Crippen LogP contribution < -0.4 is 0 Å². The van der Waals surface area contributed by atoms with Gasteiger partial charge in [0.1, 0.15) is 29.7 Å². The molecule has 3 aromatic rings. The number of hydrogen-bond donors (Lipinski definition) is 1. The van der Waals surface area contributed by atoms with Gasteiger partial charge in [-0.15, -0.1) is 10.2 Å². The highest BCUT2D eigenvalue weighted by molar-refractivity contribution is 6.02. The molecule has 106 valence electrons. The van der Waals surface area contributed by atoms with Crippen LogP contribution in [0.5, 0.6) is 5.75 Å². The van der Waals surface area contributed by atoms with Gasteiger partial charge in [-0.25, -0.2) is 4.68 Å². The number of aryl methyl sites for hydroxylation is 2. The first-order valence-electron chi connectivity index (χ1n) is 6.98. The van der Waals surface area contributed by atoms with Crippen molar-refractivity contribution >= 4 is 17.2 Å². The molecular weight excluding hydrogens is 268 g/mol. The summed E-state index contributed by atoms with van der Waals surface area (Å²) >= 11 is 0. The second kappa shape index (κ2) is 4.73. The van der Waals surface area contributed by atoms with Crippen molar-refractivity contribution in [2.75, 3.05) is 0 Å². The lowest BCUT2D eigenvalue weighted by Crippen LogP contribution is -2.00. The van der Waals surface area contributed by atoms with Gasteiger partial charge in [-0.3, -0.25) is 0 Å². The Bertz CT molecular complexity index is 818. The minimum Gasteiger partial charge on any atom is -0.507 e. The summed E-state index contributed by atoms with van der Waals surface area (Å²) in [6.07, 6.45) is 8.89. The van der Waals surface area contributed by atoms with E-state index in [1.54, 1.807) is 12.3 Å². The summed E-state index contributed by atoms with van der Waals surface area (Å²) in [6.45, 7) is 0. The monoisotopic (exact) mass is 282 g/mol. The number of benzene rings is 1. The SMILES string of the molecule is Oc1ccc2oc3c(c2c1/C=N\n1cnnc1)CCCC3. The summed E-state index contributed by atoms with van der Waals surface area (Å²) in [5.74, 6) is 1.24. The van der Waals surface area contributed by atoms with E-state index in [9.17, 15) is 5.11 Å². The fourth-order valence-corrected chi connectivity index (χ4v) is 2.88. The van der Waals surface area contributed by atoms with Crippen LogP contribution in [0, 0.1) is 0 Å². The number of rotatable bonds is 2. The quantitative estimate of drug-likeness (QED) is 0.733. The summed E-state index contributed by atoms with van der Waals surface area (Å²) in [5.41, 5.74) is 2.70. The molecule has 6 heteroatoms. The third-order valence-corrected chi connectivity index (χ3v) is 3.86. The molecule has 0 fully saturated rings. The van der Waals surface area contributed by atoms with Gasteiger partial charge in [0.15, 0.2) is 0 Å². The molecule has 0 unspecified atom stereocenters. The molecular formula is C15H14N4O2. The van der Waals surface area contributed by atoms with E-state index in [1.807, 2.05) is 6.07 Å². The summed E-state index contributed by atoms with van der Waals surface area (Å²) in [5, 5.41) is 22.8. The maximum Gasteiger partial charge on any atom is 0.141 e. The molecule has 2 aromatic heterocycles. The molecule has 0 saturated heterocycles. The Labute approximate surface area is 120 Å². The smallest absolute Gasteiger partial charge is 0.141 e. The highest BCUT2D eigenvalue weighted by atomic mass is 16.3. The van der Waals surface area contributed by atoms with Gasteiger partial charge in [0.2, 0.25) is 0 Å². The second-order valence-electron chi connectivity index (χ2n) is 5.17.